The molecule has 1 heterocycles. The van der Waals surface area contributed by atoms with E-state index in [0.717, 1.165) is 44.3 Å². The molecule has 2 N–H and O–H groups in total. The fraction of sp³-hybridized carbons (Fsp3) is 0.929. The predicted molar refractivity (Wildman–Crippen MR) is 77.0 cm³/mol. The highest BCUT2D eigenvalue weighted by Crippen LogP contribution is 2.28. The average molecular weight is 275 g/mol. The molecular formula is C14H27ClN2O. The zero-order valence-electron chi connectivity index (χ0n) is 11.4. The van der Waals surface area contributed by atoms with Gasteiger partial charge in [-0.1, -0.05) is 19.8 Å². The van der Waals surface area contributed by atoms with Gasteiger partial charge in [-0.3, -0.25) is 4.79 Å². The standard InChI is InChI=1S/C14H26N2O.ClH/c1-11-4-2-5-12(8-11)9-16-14(17)13-6-3-7-15-10-13;/h11-13,15H,2-10H2,1H3,(H,16,17);1H/t11?,12?,13-;/m1./s1. The maximum Gasteiger partial charge on any atom is 0.224 e. The molecule has 0 aromatic carbocycles. The number of hydrogen-bond acceptors (Lipinski definition) is 2. The molecule has 0 bridgehead atoms. The van der Waals surface area contributed by atoms with E-state index in [2.05, 4.69) is 17.6 Å². The molecule has 18 heavy (non-hydrogen) atoms. The minimum Gasteiger partial charge on any atom is -0.356 e. The number of halogens is 1. The van der Waals surface area contributed by atoms with Crippen LogP contribution in [0.5, 0.6) is 0 Å². The Bertz CT molecular complexity index is 254. The third kappa shape index (κ3) is 4.77. The molecule has 1 aliphatic heterocycles. The molecule has 0 spiro atoms. The van der Waals surface area contributed by atoms with Crippen LogP contribution in [0.3, 0.4) is 0 Å². The van der Waals surface area contributed by atoms with Crippen LogP contribution < -0.4 is 10.6 Å². The van der Waals surface area contributed by atoms with Crippen LogP contribution in [0.1, 0.15) is 45.4 Å². The summed E-state index contributed by atoms with van der Waals surface area (Å²) in [4.78, 5) is 12.0. The SMILES string of the molecule is CC1CCCC(CNC(=O)[C@@H]2CCCNC2)C1.Cl. The lowest BCUT2D eigenvalue weighted by Gasteiger charge is -2.28. The number of nitrogens with one attached hydrogen (secondary N) is 2. The highest BCUT2D eigenvalue weighted by atomic mass is 35.5. The first kappa shape index (κ1) is 15.8. The minimum atomic E-state index is 0. The van der Waals surface area contributed by atoms with Crippen LogP contribution in [0.25, 0.3) is 0 Å². The summed E-state index contributed by atoms with van der Waals surface area (Å²) in [6.45, 7) is 5.18. The number of rotatable bonds is 3. The Morgan fingerprint density at radius 2 is 2.11 bits per heavy atom. The van der Waals surface area contributed by atoms with Gasteiger partial charge in [-0.2, -0.15) is 0 Å². The molecule has 2 fully saturated rings. The molecule has 0 aromatic heterocycles. The summed E-state index contributed by atoms with van der Waals surface area (Å²) in [6.07, 6.45) is 7.50. The van der Waals surface area contributed by atoms with E-state index in [4.69, 9.17) is 0 Å². The monoisotopic (exact) mass is 274 g/mol. The van der Waals surface area contributed by atoms with Crippen LogP contribution in [-0.2, 0) is 4.79 Å². The highest BCUT2D eigenvalue weighted by Gasteiger charge is 2.23. The molecule has 1 saturated heterocycles. The summed E-state index contributed by atoms with van der Waals surface area (Å²) in [6, 6.07) is 0. The van der Waals surface area contributed by atoms with Crippen molar-refractivity contribution in [2.75, 3.05) is 19.6 Å². The second-order valence-corrected chi connectivity index (χ2v) is 5.93. The zero-order valence-corrected chi connectivity index (χ0v) is 12.2. The Labute approximate surface area is 117 Å². The van der Waals surface area contributed by atoms with Crippen molar-refractivity contribution < 1.29 is 4.79 Å². The molecule has 0 aromatic rings. The van der Waals surface area contributed by atoms with Gasteiger partial charge >= 0.3 is 0 Å². The molecular weight excluding hydrogens is 248 g/mol. The predicted octanol–water partition coefficient (Wildman–Crippen LogP) is 2.35. The van der Waals surface area contributed by atoms with Crippen LogP contribution in [0.2, 0.25) is 0 Å². The molecule has 2 rings (SSSR count). The topological polar surface area (TPSA) is 41.1 Å². The third-order valence-corrected chi connectivity index (χ3v) is 4.28. The third-order valence-electron chi connectivity index (χ3n) is 4.28. The average Bonchev–Trinajstić information content (AvgIpc) is 2.37. The van der Waals surface area contributed by atoms with Crippen LogP contribution in [0.15, 0.2) is 0 Å². The molecule has 2 aliphatic rings. The number of amides is 1. The molecule has 106 valence electrons. The first-order valence-electron chi connectivity index (χ1n) is 7.24. The molecule has 1 saturated carbocycles. The van der Waals surface area contributed by atoms with Crippen LogP contribution in [-0.4, -0.2) is 25.5 Å². The van der Waals surface area contributed by atoms with Gasteiger partial charge in [0.25, 0.3) is 0 Å². The summed E-state index contributed by atoms with van der Waals surface area (Å²) >= 11 is 0. The number of carbonyl (C=O) groups is 1. The lowest BCUT2D eigenvalue weighted by Crippen LogP contribution is -2.42. The van der Waals surface area contributed by atoms with Gasteiger partial charge in [0.2, 0.25) is 5.91 Å². The molecule has 1 amide bonds. The number of piperidine rings is 1. The Morgan fingerprint density at radius 3 is 2.78 bits per heavy atom. The summed E-state index contributed by atoms with van der Waals surface area (Å²) in [5, 5.41) is 6.46. The second-order valence-electron chi connectivity index (χ2n) is 5.93. The Hall–Kier alpha value is -0.280. The molecule has 4 heteroatoms. The molecule has 3 atom stereocenters. The van der Waals surface area contributed by atoms with Gasteiger partial charge in [-0.25, -0.2) is 0 Å². The summed E-state index contributed by atoms with van der Waals surface area (Å²) in [5.74, 6) is 2.06. The van der Waals surface area contributed by atoms with E-state index in [1.165, 1.54) is 25.7 Å². The van der Waals surface area contributed by atoms with Gasteiger partial charge in [0.1, 0.15) is 0 Å². The quantitative estimate of drug-likeness (QED) is 0.830. The highest BCUT2D eigenvalue weighted by molar-refractivity contribution is 5.85. The summed E-state index contributed by atoms with van der Waals surface area (Å²) in [7, 11) is 0. The molecule has 2 unspecified atom stereocenters. The van der Waals surface area contributed by atoms with Gasteiger partial charge in [0, 0.05) is 13.1 Å². The van der Waals surface area contributed by atoms with Crippen molar-refractivity contribution in [1.29, 1.82) is 0 Å². The molecule has 3 nitrogen and oxygen atoms in total. The first-order valence-corrected chi connectivity index (χ1v) is 7.24. The fourth-order valence-corrected chi connectivity index (χ4v) is 3.21. The van der Waals surface area contributed by atoms with Crippen LogP contribution >= 0.6 is 12.4 Å². The van der Waals surface area contributed by atoms with Crippen molar-refractivity contribution in [2.24, 2.45) is 17.8 Å². The van der Waals surface area contributed by atoms with E-state index in [-0.39, 0.29) is 24.2 Å². The minimum absolute atomic E-state index is 0. The van der Waals surface area contributed by atoms with Gasteiger partial charge in [-0.05, 0) is 44.1 Å². The fourth-order valence-electron chi connectivity index (χ4n) is 3.21. The van der Waals surface area contributed by atoms with Gasteiger partial charge in [0.15, 0.2) is 0 Å². The van der Waals surface area contributed by atoms with E-state index in [0.29, 0.717) is 0 Å². The van der Waals surface area contributed by atoms with Crippen molar-refractivity contribution >= 4 is 18.3 Å². The first-order chi connectivity index (χ1) is 8.25. The maximum absolute atomic E-state index is 12.0. The van der Waals surface area contributed by atoms with E-state index in [9.17, 15) is 4.79 Å². The van der Waals surface area contributed by atoms with E-state index in [1.54, 1.807) is 0 Å². The summed E-state index contributed by atoms with van der Waals surface area (Å²) in [5.41, 5.74) is 0. The van der Waals surface area contributed by atoms with Crippen molar-refractivity contribution in [2.45, 2.75) is 45.4 Å². The largest absolute Gasteiger partial charge is 0.356 e. The second kappa shape index (κ2) is 8.00. The van der Waals surface area contributed by atoms with Gasteiger partial charge in [0.05, 0.1) is 5.92 Å². The van der Waals surface area contributed by atoms with E-state index >= 15 is 0 Å². The molecule has 1 aliphatic carbocycles. The van der Waals surface area contributed by atoms with Crippen molar-refractivity contribution in [3.63, 3.8) is 0 Å². The van der Waals surface area contributed by atoms with E-state index < -0.39 is 0 Å². The van der Waals surface area contributed by atoms with Crippen LogP contribution in [0.4, 0.5) is 0 Å². The Balaban J connectivity index is 0.00000162. The molecule has 0 radical (unpaired) electrons. The van der Waals surface area contributed by atoms with Crippen molar-refractivity contribution in [1.82, 2.24) is 10.6 Å². The lowest BCUT2D eigenvalue weighted by atomic mass is 9.82. The summed E-state index contributed by atoms with van der Waals surface area (Å²) < 4.78 is 0. The lowest BCUT2D eigenvalue weighted by molar-refractivity contribution is -0.125. The Kier molecular flexibility index (Phi) is 7.02. The van der Waals surface area contributed by atoms with Gasteiger partial charge in [-0.15, -0.1) is 12.4 Å². The van der Waals surface area contributed by atoms with E-state index in [1.807, 2.05) is 0 Å². The van der Waals surface area contributed by atoms with Crippen molar-refractivity contribution in [3.8, 4) is 0 Å². The van der Waals surface area contributed by atoms with Crippen molar-refractivity contribution in [3.05, 3.63) is 0 Å². The normalized spacial score (nSPS) is 32.4. The Morgan fingerprint density at radius 1 is 1.28 bits per heavy atom. The smallest absolute Gasteiger partial charge is 0.224 e. The zero-order chi connectivity index (χ0) is 12.1. The van der Waals surface area contributed by atoms with Crippen LogP contribution in [0, 0.1) is 17.8 Å². The van der Waals surface area contributed by atoms with Gasteiger partial charge < -0.3 is 10.6 Å². The maximum atomic E-state index is 12.0. The number of hydrogen-bond donors (Lipinski definition) is 2. The number of carbonyl (C=O) groups excluding carboxylic acids is 1.